The largest absolute Gasteiger partial charge is 0.508 e. The Bertz CT molecular complexity index is 6070. The third-order valence-corrected chi connectivity index (χ3v) is 25.9. The number of carbonyl (C=O) groups excluding carboxylic acids is 10. The summed E-state index contributed by atoms with van der Waals surface area (Å²) >= 11 is 0. The molecule has 1 heterocycles. The van der Waals surface area contributed by atoms with Crippen LogP contribution in [-0.4, -0.2) is 230 Å². The van der Waals surface area contributed by atoms with Gasteiger partial charge in [0, 0.05) is 51.4 Å². The normalized spacial score (nSPS) is 27.2. The molecule has 3 fully saturated rings. The molecule has 0 saturated heterocycles. The highest BCUT2D eigenvalue weighted by Gasteiger charge is 2.70. The van der Waals surface area contributed by atoms with Gasteiger partial charge >= 0.3 is 5.97 Å². The molecule has 13 atom stereocenters. The molecule has 0 spiro atoms. The molecule has 3 saturated carbocycles. The highest BCUT2D eigenvalue weighted by molar-refractivity contribution is 6.27. The van der Waals surface area contributed by atoms with Crippen LogP contribution >= 0.6 is 0 Å². The Balaban J connectivity index is 0.000000150. The fraction of sp³-hybridized carbons (Fsp3) is 0.326. The number of carbonyl (C=O) groups is 10. The van der Waals surface area contributed by atoms with Crippen LogP contribution in [0.4, 0.5) is 0 Å². The first-order valence-electron chi connectivity index (χ1n) is 39.3. The molecule has 16 rings (SSSR count). The van der Waals surface area contributed by atoms with E-state index in [4.69, 9.17) is 21.6 Å². The van der Waals surface area contributed by atoms with Crippen LogP contribution in [0, 0.1) is 35.0 Å². The number of esters is 1. The van der Waals surface area contributed by atoms with Crippen molar-refractivity contribution in [2.75, 3.05) is 49.4 Å². The van der Waals surface area contributed by atoms with E-state index >= 15 is 0 Å². The number of amides is 3. The van der Waals surface area contributed by atoms with Crippen LogP contribution in [0.2, 0.25) is 0 Å². The maximum Gasteiger partial charge on any atom is 0.330 e. The Labute approximate surface area is 702 Å². The van der Waals surface area contributed by atoms with Gasteiger partial charge in [-0.3, -0.25) is 57.9 Å². The van der Waals surface area contributed by atoms with Crippen molar-refractivity contribution in [2.24, 2.45) is 52.2 Å². The Kier molecular flexibility index (Phi) is 21.4. The SMILES string of the molecule is CN(C)C1C(=O)C(C(N)=O)=C(O)[C@@]2(O)C(=O)C3=C(O)c4c(O)ccc(-c5ccc(C(C)(C)C)cc5)c4C[C@@]3(C)C[C@@H]12.CN(C)[C@@H]1C(=O)C(C(N)=O)=C(O)[C@@]2(O)C(=O)C3=C(O)c4c(ccc(-c5cc6ccccc6o5)c4O)C[C@H]3[C@H](O)[C@@H]12.COC(=O)/C=C/c1cccc(-c2ccc(O)c3c2C[C@H]2C[C@H]4[C@H](N(C)C)C(=O)C(C(N)=O)=C(O)[C@@]4(O)C(=O)C2=C3O)c1. The molecule has 9 aliphatic carbocycles. The van der Waals surface area contributed by atoms with Crippen LogP contribution in [0.3, 0.4) is 0 Å². The van der Waals surface area contributed by atoms with Crippen LogP contribution in [-0.2, 0) is 77.4 Å². The summed E-state index contributed by atoms with van der Waals surface area (Å²) in [5.41, 5.74) is 10.3. The predicted molar refractivity (Wildman–Crippen MR) is 445 cm³/mol. The number of hydrogen-bond acceptors (Lipinski definition) is 28. The van der Waals surface area contributed by atoms with Gasteiger partial charge in [0.05, 0.1) is 59.5 Å². The van der Waals surface area contributed by atoms with Gasteiger partial charge in [0.1, 0.15) is 79.9 Å². The van der Waals surface area contributed by atoms with Crippen molar-refractivity contribution in [1.29, 1.82) is 0 Å². The smallest absolute Gasteiger partial charge is 0.330 e. The molecule has 31 heteroatoms. The summed E-state index contributed by atoms with van der Waals surface area (Å²) in [7, 11) is 10.4. The number of fused-ring (bicyclic) bond motifs is 10. The minimum atomic E-state index is -2.95. The lowest BCUT2D eigenvalue weighted by molar-refractivity contribution is -0.168. The quantitative estimate of drug-likeness (QED) is 0.0374. The predicted octanol–water partition coefficient (Wildman–Crippen LogP) is 6.48. The van der Waals surface area contributed by atoms with Gasteiger partial charge in [0.15, 0.2) is 34.2 Å². The van der Waals surface area contributed by atoms with Gasteiger partial charge in [0.2, 0.25) is 17.3 Å². The number of rotatable bonds is 11. The number of phenols is 3. The summed E-state index contributed by atoms with van der Waals surface area (Å²) in [6.07, 6.45) is 1.55. The average Bonchev–Trinajstić information content (AvgIpc) is 1.11. The molecule has 7 aromatic rings. The zero-order chi connectivity index (χ0) is 89.9. The Morgan fingerprint density at radius 1 is 0.545 bits per heavy atom. The third-order valence-electron chi connectivity index (χ3n) is 25.9. The number of primary amides is 3. The number of Topliss-reactive ketones (excluding diaryl/α,β-unsaturated/α-hetero) is 6. The number of benzene rings is 6. The molecule has 1 unspecified atom stereocenters. The second kappa shape index (κ2) is 30.5. The molecule has 19 N–H and O–H groups in total. The summed E-state index contributed by atoms with van der Waals surface area (Å²) in [5.74, 6) is -21.9. The molecule has 123 heavy (non-hydrogen) atoms. The van der Waals surface area contributed by atoms with E-state index in [1.54, 1.807) is 95.8 Å². The third kappa shape index (κ3) is 13.1. The summed E-state index contributed by atoms with van der Waals surface area (Å²) in [6, 6.07) is 29.9. The number of aliphatic hydroxyl groups is 10. The standard InChI is InChI=1S/C32H36N2O7.C31H30N2O9.C29H26N2O9/c1-30(2,3)16-9-7-15(8-10-16)17-11-12-20(35)21-18(17)13-31(4)14-19-24(34(5)6)26(37)22(29(33)40)27(38)32(19,41)28(39)23(31)25(21)36;1-33(2)25-19-13-16-12-18-17(15-6-4-5-14(11-15)7-10-21(35)42-3)8-9-20(34)23(18)26(36)22(16)28(38)31(19,41)29(39)24(27(25)37)30(32)40;1-31(2)21-20-23(33)14-9-12-7-8-13(16-10-11-5-3-4-6-15(11)40-16)22(32)17(12)24(34)18(14)26(36)29(20,39)27(37)19(25(21)35)28(30)38/h7-12,19,24,35-36,38,41H,13-14H2,1-6H3,(H2,33,40);4-11,16,19,25,34,36,39,41H,12-13H2,1-3H3,(H2,32,40);3-8,10,14,20-21,23,32-34,37,39H,9H2,1-2H3,(H2,30,38)/b;10-7+;/t19-,24?,31-,32+;16-,19-,25-,31-;14-,20-,21+,23+,29+/m001/s1. The maximum absolute atomic E-state index is 14.2. The van der Waals surface area contributed by atoms with Gasteiger partial charge in [-0.2, -0.15) is 0 Å². The number of para-hydroxylation sites is 1. The number of ether oxygens (including phenoxy) is 1. The molecule has 3 amide bonds. The number of phenolic OH excluding ortho intramolecular Hbond substituents is 3. The van der Waals surface area contributed by atoms with E-state index in [1.165, 1.54) is 54.1 Å². The highest BCUT2D eigenvalue weighted by atomic mass is 16.5. The zero-order valence-corrected chi connectivity index (χ0v) is 68.6. The van der Waals surface area contributed by atoms with Gasteiger partial charge in [-0.1, -0.05) is 107 Å². The first-order valence-corrected chi connectivity index (χ1v) is 39.3. The number of aliphatic hydroxyl groups excluding tert-OH is 7. The van der Waals surface area contributed by atoms with Crippen LogP contribution in [0.5, 0.6) is 17.2 Å². The summed E-state index contributed by atoms with van der Waals surface area (Å²) in [6.45, 7) is 8.12. The molecule has 0 radical (unpaired) electrons. The van der Waals surface area contributed by atoms with E-state index in [2.05, 4.69) is 25.5 Å². The van der Waals surface area contributed by atoms with Crippen molar-refractivity contribution < 1.29 is 123 Å². The highest BCUT2D eigenvalue weighted by Crippen LogP contribution is 2.61. The lowest BCUT2D eigenvalue weighted by Gasteiger charge is -2.54. The second-order valence-corrected chi connectivity index (χ2v) is 34.7. The second-order valence-electron chi connectivity index (χ2n) is 34.7. The molecular formula is C92H92N6O25. The number of hydrogen-bond donors (Lipinski definition) is 16. The van der Waals surface area contributed by atoms with E-state index in [-0.39, 0.29) is 88.2 Å². The number of likely N-dealkylation sites (N-methyl/N-ethyl adjacent to an activating group) is 3. The van der Waals surface area contributed by atoms with E-state index in [9.17, 15) is 114 Å². The van der Waals surface area contributed by atoms with Crippen LogP contribution < -0.4 is 17.2 Å². The van der Waals surface area contributed by atoms with Gasteiger partial charge in [-0.25, -0.2) is 4.79 Å². The number of nitrogens with two attached hydrogens (primary N) is 3. The number of aromatic hydroxyl groups is 3. The molecule has 0 aliphatic heterocycles. The van der Waals surface area contributed by atoms with Gasteiger partial charge in [0.25, 0.3) is 17.7 Å². The fourth-order valence-electron chi connectivity index (χ4n) is 20.1. The maximum atomic E-state index is 14.2. The molecule has 0 bridgehead atoms. The molecule has 640 valence electrons. The average molecular weight is 1680 g/mol. The molecule has 1 aromatic heterocycles. The van der Waals surface area contributed by atoms with E-state index < -0.39 is 191 Å². The monoisotopic (exact) mass is 1680 g/mol. The van der Waals surface area contributed by atoms with Crippen molar-refractivity contribution in [2.45, 2.75) is 106 Å². The van der Waals surface area contributed by atoms with Crippen LogP contribution in [0.1, 0.15) is 85.0 Å². The molecular weight excluding hydrogens is 1590 g/mol. The van der Waals surface area contributed by atoms with Crippen molar-refractivity contribution in [3.63, 3.8) is 0 Å². The van der Waals surface area contributed by atoms with Crippen LogP contribution in [0.25, 0.3) is 67.9 Å². The fourth-order valence-corrected chi connectivity index (χ4v) is 20.1. The Hall–Kier alpha value is -13.1. The topological polar surface area (TPSA) is 544 Å². The van der Waals surface area contributed by atoms with Crippen molar-refractivity contribution >= 4 is 92.7 Å². The van der Waals surface area contributed by atoms with Crippen molar-refractivity contribution in [3.05, 3.63) is 217 Å². The first-order chi connectivity index (χ1) is 57.7. The zero-order valence-electron chi connectivity index (χ0n) is 68.6. The van der Waals surface area contributed by atoms with Crippen molar-refractivity contribution in [1.82, 2.24) is 14.7 Å². The molecule has 6 aromatic carbocycles. The van der Waals surface area contributed by atoms with Gasteiger partial charge in [-0.05, 0) is 178 Å². The van der Waals surface area contributed by atoms with E-state index in [0.29, 0.717) is 44.7 Å². The number of furan rings is 1. The Morgan fingerprint density at radius 2 is 1.06 bits per heavy atom. The number of methoxy groups -OCH3 is 1. The van der Waals surface area contributed by atoms with E-state index in [1.807, 2.05) is 48.5 Å². The summed E-state index contributed by atoms with van der Waals surface area (Å²) in [4.78, 5) is 134. The van der Waals surface area contributed by atoms with Crippen LogP contribution in [0.15, 0.2) is 176 Å². The first kappa shape index (κ1) is 86.2. The lowest BCUT2D eigenvalue weighted by atomic mass is 9.52. The molecule has 31 nitrogen and oxygen atoms in total. The Morgan fingerprint density at radius 3 is 1.61 bits per heavy atom. The summed E-state index contributed by atoms with van der Waals surface area (Å²) < 4.78 is 10.5. The number of ketones is 6. The van der Waals surface area contributed by atoms with Gasteiger partial charge in [-0.15, -0.1) is 0 Å². The minimum Gasteiger partial charge on any atom is -0.508 e. The minimum absolute atomic E-state index is 0.000652. The summed E-state index contributed by atoms with van der Waals surface area (Å²) in [5, 5.41) is 148. The number of nitrogens with zero attached hydrogens (tertiary/aromatic N) is 3. The lowest BCUT2D eigenvalue weighted by Crippen LogP contribution is -2.70. The van der Waals surface area contributed by atoms with E-state index in [0.717, 1.165) is 22.1 Å². The van der Waals surface area contributed by atoms with Crippen molar-refractivity contribution in [3.8, 4) is 50.8 Å². The molecule has 9 aliphatic rings. The van der Waals surface area contributed by atoms with Gasteiger partial charge < -0.3 is 92.7 Å².